The molecule has 0 saturated carbocycles. The summed E-state index contributed by atoms with van der Waals surface area (Å²) < 4.78 is 6.95. The number of fused-ring (bicyclic) bond motifs is 1. The molecule has 0 atom stereocenters. The van der Waals surface area contributed by atoms with E-state index in [2.05, 4.69) is 30.7 Å². The first-order valence-electron chi connectivity index (χ1n) is 9.63. The molecule has 3 aromatic heterocycles. The van der Waals surface area contributed by atoms with Crippen LogP contribution in [0.1, 0.15) is 12.5 Å². The Kier molecular flexibility index (Phi) is 5.89. The van der Waals surface area contributed by atoms with Crippen LogP contribution in [0.2, 0.25) is 0 Å². The number of hydrogen-bond acceptors (Lipinski definition) is 7. The lowest BCUT2D eigenvalue weighted by Gasteiger charge is -2.08. The predicted molar refractivity (Wildman–Crippen MR) is 122 cm³/mol. The third-order valence-corrected chi connectivity index (χ3v) is 4.75. The number of nitrogens with one attached hydrogen (secondary N) is 2. The second kappa shape index (κ2) is 8.92. The van der Waals surface area contributed by atoms with E-state index >= 15 is 0 Å². The van der Waals surface area contributed by atoms with Gasteiger partial charge in [-0.1, -0.05) is 6.07 Å². The number of phenolic OH excluding ortho intramolecular Hbond substituents is 1. The predicted octanol–water partition coefficient (Wildman–Crippen LogP) is 2.96. The summed E-state index contributed by atoms with van der Waals surface area (Å²) >= 11 is 5.21. The van der Waals surface area contributed by atoms with Gasteiger partial charge < -0.3 is 20.5 Å². The van der Waals surface area contributed by atoms with Gasteiger partial charge in [-0.3, -0.25) is 9.67 Å². The van der Waals surface area contributed by atoms with Crippen LogP contribution in [-0.2, 0) is 6.54 Å². The first kappa shape index (κ1) is 20.5. The van der Waals surface area contributed by atoms with E-state index in [1.165, 1.54) is 7.11 Å². The van der Waals surface area contributed by atoms with Crippen molar-refractivity contribution in [3.63, 3.8) is 0 Å². The molecule has 10 heteroatoms. The van der Waals surface area contributed by atoms with Gasteiger partial charge in [0.15, 0.2) is 22.3 Å². The highest BCUT2D eigenvalue weighted by Crippen LogP contribution is 2.27. The van der Waals surface area contributed by atoms with Gasteiger partial charge in [-0.2, -0.15) is 5.10 Å². The maximum atomic E-state index is 9.75. The number of pyridine rings is 1. The van der Waals surface area contributed by atoms with Crippen molar-refractivity contribution in [2.75, 3.05) is 19.0 Å². The second-order valence-corrected chi connectivity index (χ2v) is 7.12. The third kappa shape index (κ3) is 4.69. The van der Waals surface area contributed by atoms with Crippen LogP contribution in [0, 0.1) is 0 Å². The molecule has 0 unspecified atom stereocenters. The number of ether oxygens (including phenoxy) is 1. The van der Waals surface area contributed by atoms with Gasteiger partial charge in [0.05, 0.1) is 31.7 Å². The quantitative estimate of drug-likeness (QED) is 0.394. The number of nitrogens with zero attached hydrogens (tertiary/aromatic N) is 5. The van der Waals surface area contributed by atoms with Gasteiger partial charge in [-0.25, -0.2) is 9.97 Å². The van der Waals surface area contributed by atoms with E-state index in [1.807, 2.05) is 31.3 Å². The minimum atomic E-state index is 0.103. The van der Waals surface area contributed by atoms with Crippen molar-refractivity contribution in [3.8, 4) is 22.8 Å². The van der Waals surface area contributed by atoms with Crippen LogP contribution in [0.5, 0.6) is 11.5 Å². The number of benzene rings is 1. The first-order valence-corrected chi connectivity index (χ1v) is 10.0. The topological polar surface area (TPSA) is 110 Å². The Bertz CT molecular complexity index is 1240. The van der Waals surface area contributed by atoms with E-state index in [0.717, 1.165) is 17.7 Å². The van der Waals surface area contributed by atoms with Crippen LogP contribution >= 0.6 is 12.2 Å². The zero-order valence-electron chi connectivity index (χ0n) is 17.0. The fourth-order valence-electron chi connectivity index (χ4n) is 3.02. The summed E-state index contributed by atoms with van der Waals surface area (Å²) in [5.74, 6) is 1.13. The van der Waals surface area contributed by atoms with E-state index < -0.39 is 0 Å². The van der Waals surface area contributed by atoms with Gasteiger partial charge in [0, 0.05) is 18.3 Å². The first-order chi connectivity index (χ1) is 15.1. The number of rotatable bonds is 6. The lowest BCUT2D eigenvalue weighted by atomic mass is 10.2. The number of hydrogen-bond donors (Lipinski definition) is 3. The Morgan fingerprint density at radius 2 is 2.06 bits per heavy atom. The van der Waals surface area contributed by atoms with Crippen LogP contribution in [0.3, 0.4) is 0 Å². The Morgan fingerprint density at radius 1 is 1.19 bits per heavy atom. The Morgan fingerprint density at radius 3 is 2.87 bits per heavy atom. The second-order valence-electron chi connectivity index (χ2n) is 6.71. The number of aromatic hydroxyl groups is 1. The molecule has 0 aliphatic heterocycles. The average Bonchev–Trinajstić information content (AvgIpc) is 3.23. The monoisotopic (exact) mass is 435 g/mol. The summed E-state index contributed by atoms with van der Waals surface area (Å²) in [5, 5.41) is 20.7. The molecule has 31 heavy (non-hydrogen) atoms. The van der Waals surface area contributed by atoms with Crippen LogP contribution in [0.4, 0.5) is 5.82 Å². The Labute approximate surface area is 184 Å². The maximum absolute atomic E-state index is 9.75. The van der Waals surface area contributed by atoms with E-state index in [1.54, 1.807) is 29.2 Å². The van der Waals surface area contributed by atoms with Gasteiger partial charge >= 0.3 is 0 Å². The van der Waals surface area contributed by atoms with E-state index in [4.69, 9.17) is 17.0 Å². The van der Waals surface area contributed by atoms with Gasteiger partial charge in [0.1, 0.15) is 11.3 Å². The molecule has 158 valence electrons. The summed E-state index contributed by atoms with van der Waals surface area (Å²) in [7, 11) is 1.52. The zero-order valence-corrected chi connectivity index (χ0v) is 17.8. The molecular weight excluding hydrogens is 414 g/mol. The molecule has 3 heterocycles. The molecule has 0 aliphatic rings. The molecule has 4 aromatic rings. The molecular formula is C21H21N7O2S. The van der Waals surface area contributed by atoms with Crippen molar-refractivity contribution in [2.24, 2.45) is 0 Å². The SMILES string of the molecule is CCNC(=S)Nc1ccc2ncc(-c3cnn(Cc4ccc(O)c(OC)c4)c3)nc2n1. The molecule has 3 N–H and O–H groups in total. The molecule has 0 aliphatic carbocycles. The van der Waals surface area contributed by atoms with E-state index in [-0.39, 0.29) is 5.75 Å². The normalized spacial score (nSPS) is 10.8. The Hall–Kier alpha value is -3.79. The summed E-state index contributed by atoms with van der Waals surface area (Å²) in [6, 6.07) is 8.86. The van der Waals surface area contributed by atoms with Gasteiger partial charge in [0.2, 0.25) is 0 Å². The lowest BCUT2D eigenvalue weighted by Crippen LogP contribution is -2.28. The fourth-order valence-corrected chi connectivity index (χ4v) is 3.27. The Balaban J connectivity index is 1.56. The van der Waals surface area contributed by atoms with Crippen molar-refractivity contribution in [2.45, 2.75) is 13.5 Å². The molecule has 0 amide bonds. The van der Waals surface area contributed by atoms with E-state index in [0.29, 0.717) is 40.1 Å². The van der Waals surface area contributed by atoms with Crippen LogP contribution in [0.25, 0.3) is 22.4 Å². The van der Waals surface area contributed by atoms with Gasteiger partial charge in [-0.05, 0) is 49.0 Å². The average molecular weight is 436 g/mol. The fraction of sp³-hybridized carbons (Fsp3) is 0.190. The minimum Gasteiger partial charge on any atom is -0.504 e. The van der Waals surface area contributed by atoms with Crippen LogP contribution < -0.4 is 15.4 Å². The summed E-state index contributed by atoms with van der Waals surface area (Å²) in [6.45, 7) is 3.22. The van der Waals surface area contributed by atoms with Crippen LogP contribution in [-0.4, -0.2) is 48.6 Å². The highest BCUT2D eigenvalue weighted by atomic mass is 32.1. The molecule has 9 nitrogen and oxygen atoms in total. The number of thiocarbonyl (C=S) groups is 1. The maximum Gasteiger partial charge on any atom is 0.180 e. The minimum absolute atomic E-state index is 0.103. The number of methoxy groups -OCH3 is 1. The highest BCUT2D eigenvalue weighted by molar-refractivity contribution is 7.80. The van der Waals surface area contributed by atoms with Gasteiger partial charge in [-0.15, -0.1) is 0 Å². The molecule has 0 spiro atoms. The number of aromatic nitrogens is 5. The molecule has 0 fully saturated rings. The lowest BCUT2D eigenvalue weighted by molar-refractivity contribution is 0.372. The molecule has 0 saturated heterocycles. The summed E-state index contributed by atoms with van der Waals surface area (Å²) in [5.41, 5.74) is 3.64. The highest BCUT2D eigenvalue weighted by Gasteiger charge is 2.09. The van der Waals surface area contributed by atoms with Crippen molar-refractivity contribution in [1.82, 2.24) is 30.0 Å². The number of phenols is 1. The zero-order chi connectivity index (χ0) is 21.8. The van der Waals surface area contributed by atoms with Crippen molar-refractivity contribution < 1.29 is 9.84 Å². The number of anilines is 1. The smallest absolute Gasteiger partial charge is 0.180 e. The molecule has 0 bridgehead atoms. The summed E-state index contributed by atoms with van der Waals surface area (Å²) in [6.07, 6.45) is 5.32. The molecule has 1 aromatic carbocycles. The van der Waals surface area contributed by atoms with Gasteiger partial charge in [0.25, 0.3) is 0 Å². The van der Waals surface area contributed by atoms with Crippen LogP contribution in [0.15, 0.2) is 48.9 Å². The summed E-state index contributed by atoms with van der Waals surface area (Å²) in [4.78, 5) is 13.6. The standard InChI is InChI=1S/C21H21N7O2S/c1-3-22-21(31)27-19-7-5-15-20(26-19)25-16(10-23-15)14-9-24-28(12-14)11-13-4-6-17(29)18(8-13)30-2/h4-10,12,29H,3,11H2,1-2H3,(H2,22,25,26,27,31). The molecule has 4 rings (SSSR count). The van der Waals surface area contributed by atoms with E-state index in [9.17, 15) is 5.11 Å². The van der Waals surface area contributed by atoms with Crippen molar-refractivity contribution in [1.29, 1.82) is 0 Å². The molecule has 0 radical (unpaired) electrons. The third-order valence-electron chi connectivity index (χ3n) is 4.50. The van der Waals surface area contributed by atoms with Crippen molar-refractivity contribution in [3.05, 3.63) is 54.5 Å². The van der Waals surface area contributed by atoms with Crippen molar-refractivity contribution >= 4 is 34.3 Å². The largest absolute Gasteiger partial charge is 0.504 e.